The fraction of sp³-hybridized carbons (Fsp3) is 1.00. The van der Waals surface area contributed by atoms with E-state index in [0.717, 1.165) is 25.5 Å². The maximum absolute atomic E-state index is 5.78. The lowest BCUT2D eigenvalue weighted by atomic mass is 9.83. The molecule has 1 atom stereocenters. The summed E-state index contributed by atoms with van der Waals surface area (Å²) in [7, 11) is 1.98. The molecule has 0 aromatic carbocycles. The Hall–Kier alpha value is -0.0800. The van der Waals surface area contributed by atoms with Crippen LogP contribution in [-0.4, -0.2) is 26.3 Å². The highest BCUT2D eigenvalue weighted by Crippen LogP contribution is 2.29. The molecule has 78 valence electrons. The van der Waals surface area contributed by atoms with Gasteiger partial charge < -0.3 is 10.1 Å². The van der Waals surface area contributed by atoms with Crippen LogP contribution in [0.25, 0.3) is 0 Å². The minimum Gasteiger partial charge on any atom is -0.377 e. The van der Waals surface area contributed by atoms with Crippen molar-refractivity contribution in [2.75, 3.05) is 20.2 Å². The van der Waals surface area contributed by atoms with Crippen LogP contribution in [0.1, 0.15) is 39.0 Å². The predicted molar refractivity (Wildman–Crippen MR) is 55.9 cm³/mol. The number of hydrogen-bond acceptors (Lipinski definition) is 2. The molecule has 1 N–H and O–H groups in total. The maximum atomic E-state index is 5.78. The van der Waals surface area contributed by atoms with Crippen molar-refractivity contribution in [3.63, 3.8) is 0 Å². The zero-order valence-electron chi connectivity index (χ0n) is 9.01. The number of rotatable bonds is 7. The number of likely N-dealkylation sites (N-methyl/N-ethyl adjacent to an activating group) is 1. The molecule has 0 amide bonds. The zero-order chi connectivity index (χ0) is 9.52. The second-order valence-electron chi connectivity index (χ2n) is 4.04. The molecule has 2 heteroatoms. The van der Waals surface area contributed by atoms with Gasteiger partial charge in [0.15, 0.2) is 0 Å². The van der Waals surface area contributed by atoms with Crippen LogP contribution < -0.4 is 5.32 Å². The third-order valence-corrected chi connectivity index (χ3v) is 2.99. The van der Waals surface area contributed by atoms with E-state index in [1.807, 2.05) is 7.05 Å². The van der Waals surface area contributed by atoms with Crippen molar-refractivity contribution >= 4 is 0 Å². The minimum absolute atomic E-state index is 0.421. The summed E-state index contributed by atoms with van der Waals surface area (Å²) in [5.41, 5.74) is 0. The van der Waals surface area contributed by atoms with Gasteiger partial charge in [-0.25, -0.2) is 0 Å². The van der Waals surface area contributed by atoms with Crippen molar-refractivity contribution in [2.45, 2.75) is 45.1 Å². The molecule has 0 saturated heterocycles. The lowest BCUT2D eigenvalue weighted by Gasteiger charge is -2.26. The van der Waals surface area contributed by atoms with E-state index < -0.39 is 0 Å². The summed E-state index contributed by atoms with van der Waals surface area (Å²) < 4.78 is 5.78. The van der Waals surface area contributed by atoms with Crippen LogP contribution in [0.5, 0.6) is 0 Å². The van der Waals surface area contributed by atoms with Crippen molar-refractivity contribution < 1.29 is 4.74 Å². The van der Waals surface area contributed by atoms with E-state index in [1.54, 1.807) is 0 Å². The van der Waals surface area contributed by atoms with Gasteiger partial charge in [0.25, 0.3) is 0 Å². The first-order chi connectivity index (χ1) is 6.36. The molecule has 1 fully saturated rings. The third-order valence-electron chi connectivity index (χ3n) is 2.99. The molecule has 1 aliphatic rings. The van der Waals surface area contributed by atoms with Gasteiger partial charge in [0.2, 0.25) is 0 Å². The van der Waals surface area contributed by atoms with E-state index in [1.165, 1.54) is 25.7 Å². The lowest BCUT2D eigenvalue weighted by molar-refractivity contribution is 0.0371. The van der Waals surface area contributed by atoms with Gasteiger partial charge >= 0.3 is 0 Å². The fourth-order valence-electron chi connectivity index (χ4n) is 1.73. The Labute approximate surface area is 82.0 Å². The molecule has 0 aromatic heterocycles. The Balaban J connectivity index is 1.94. The van der Waals surface area contributed by atoms with Crippen molar-refractivity contribution in [3.05, 3.63) is 0 Å². The first kappa shape index (κ1) is 11.0. The Morgan fingerprint density at radius 2 is 2.23 bits per heavy atom. The summed E-state index contributed by atoms with van der Waals surface area (Å²) in [5, 5.41) is 3.16. The normalized spacial score (nSPS) is 19.8. The van der Waals surface area contributed by atoms with Crippen molar-refractivity contribution in [1.82, 2.24) is 5.32 Å². The second-order valence-corrected chi connectivity index (χ2v) is 4.04. The van der Waals surface area contributed by atoms with Gasteiger partial charge in [-0.2, -0.15) is 0 Å². The highest BCUT2D eigenvalue weighted by molar-refractivity contribution is 4.69. The van der Waals surface area contributed by atoms with Crippen molar-refractivity contribution in [2.24, 2.45) is 5.92 Å². The van der Waals surface area contributed by atoms with Gasteiger partial charge in [-0.3, -0.25) is 0 Å². The average molecular weight is 185 g/mol. The SMILES string of the molecule is CCC(CNC)OCCC1CCC1. The lowest BCUT2D eigenvalue weighted by Crippen LogP contribution is -2.27. The van der Waals surface area contributed by atoms with Crippen molar-refractivity contribution in [3.8, 4) is 0 Å². The van der Waals surface area contributed by atoms with Gasteiger partial charge in [-0.15, -0.1) is 0 Å². The van der Waals surface area contributed by atoms with Crippen LogP contribution in [0.3, 0.4) is 0 Å². The molecule has 0 aromatic rings. The molecule has 1 aliphatic carbocycles. The van der Waals surface area contributed by atoms with E-state index in [4.69, 9.17) is 4.74 Å². The van der Waals surface area contributed by atoms with Gasteiger partial charge in [-0.1, -0.05) is 26.2 Å². The summed E-state index contributed by atoms with van der Waals surface area (Å²) in [6, 6.07) is 0. The summed E-state index contributed by atoms with van der Waals surface area (Å²) in [5.74, 6) is 0.979. The molecule has 1 rings (SSSR count). The third kappa shape index (κ3) is 4.10. The van der Waals surface area contributed by atoms with Gasteiger partial charge in [0.05, 0.1) is 6.10 Å². The van der Waals surface area contributed by atoms with E-state index in [2.05, 4.69) is 12.2 Å². The first-order valence-corrected chi connectivity index (χ1v) is 5.63. The van der Waals surface area contributed by atoms with Crippen LogP contribution in [0.15, 0.2) is 0 Å². The largest absolute Gasteiger partial charge is 0.377 e. The van der Waals surface area contributed by atoms with E-state index in [0.29, 0.717) is 6.10 Å². The predicted octanol–water partition coefficient (Wildman–Crippen LogP) is 2.19. The Morgan fingerprint density at radius 1 is 1.46 bits per heavy atom. The quantitative estimate of drug-likeness (QED) is 0.656. The van der Waals surface area contributed by atoms with Crippen LogP contribution in [0.2, 0.25) is 0 Å². The molecule has 0 radical (unpaired) electrons. The summed E-state index contributed by atoms with van der Waals surface area (Å²) in [6.45, 7) is 4.14. The number of hydrogen-bond donors (Lipinski definition) is 1. The second kappa shape index (κ2) is 6.39. The fourth-order valence-corrected chi connectivity index (χ4v) is 1.73. The molecule has 0 spiro atoms. The maximum Gasteiger partial charge on any atom is 0.0696 e. The number of ether oxygens (including phenoxy) is 1. The van der Waals surface area contributed by atoms with Crippen LogP contribution in [0, 0.1) is 5.92 Å². The summed E-state index contributed by atoms with van der Waals surface area (Å²) in [4.78, 5) is 0. The molecule has 0 aliphatic heterocycles. The first-order valence-electron chi connectivity index (χ1n) is 5.63. The molecular weight excluding hydrogens is 162 g/mol. The average Bonchev–Trinajstić information content (AvgIpc) is 2.07. The highest BCUT2D eigenvalue weighted by atomic mass is 16.5. The Morgan fingerprint density at radius 3 is 2.69 bits per heavy atom. The molecule has 0 heterocycles. The van der Waals surface area contributed by atoms with Gasteiger partial charge in [0.1, 0.15) is 0 Å². The molecule has 1 unspecified atom stereocenters. The summed E-state index contributed by atoms with van der Waals surface area (Å²) in [6.07, 6.45) is 7.13. The molecule has 1 saturated carbocycles. The van der Waals surface area contributed by atoms with Crippen molar-refractivity contribution in [1.29, 1.82) is 0 Å². The Bertz CT molecular complexity index is 123. The minimum atomic E-state index is 0.421. The zero-order valence-corrected chi connectivity index (χ0v) is 9.01. The highest BCUT2D eigenvalue weighted by Gasteiger charge is 2.17. The molecular formula is C11H23NO. The monoisotopic (exact) mass is 185 g/mol. The Kier molecular flexibility index (Phi) is 5.40. The van der Waals surface area contributed by atoms with Crippen LogP contribution >= 0.6 is 0 Å². The molecule has 0 bridgehead atoms. The summed E-state index contributed by atoms with van der Waals surface area (Å²) >= 11 is 0. The van der Waals surface area contributed by atoms with Gasteiger partial charge in [0, 0.05) is 13.2 Å². The standard InChI is InChI=1S/C11H23NO/c1-3-11(9-12-2)13-8-7-10-5-4-6-10/h10-12H,3-9H2,1-2H3. The number of nitrogens with one attached hydrogen (secondary N) is 1. The molecule has 2 nitrogen and oxygen atoms in total. The van der Waals surface area contributed by atoms with Crippen LogP contribution in [-0.2, 0) is 4.74 Å². The van der Waals surface area contributed by atoms with E-state index in [-0.39, 0.29) is 0 Å². The van der Waals surface area contributed by atoms with E-state index >= 15 is 0 Å². The smallest absolute Gasteiger partial charge is 0.0696 e. The molecule has 13 heavy (non-hydrogen) atoms. The topological polar surface area (TPSA) is 21.3 Å². The van der Waals surface area contributed by atoms with E-state index in [9.17, 15) is 0 Å². The van der Waals surface area contributed by atoms with Crippen LogP contribution in [0.4, 0.5) is 0 Å². The van der Waals surface area contributed by atoms with Gasteiger partial charge in [-0.05, 0) is 25.8 Å².